The number of aliphatic hydroxyl groups is 1. The Labute approximate surface area is 110 Å². The third-order valence-electron chi connectivity index (χ3n) is 3.74. The Morgan fingerprint density at radius 3 is 2.28 bits per heavy atom. The van der Waals surface area contributed by atoms with Gasteiger partial charge in [0.15, 0.2) is 0 Å². The van der Waals surface area contributed by atoms with Crippen LogP contribution in [0.4, 0.5) is 5.69 Å². The van der Waals surface area contributed by atoms with Gasteiger partial charge in [0.05, 0.1) is 6.10 Å². The maximum Gasteiger partial charge on any atom is 0.0541 e. The summed E-state index contributed by atoms with van der Waals surface area (Å²) < 4.78 is 0. The Bertz CT molecular complexity index is 353. The van der Waals surface area contributed by atoms with E-state index in [1.807, 2.05) is 0 Å². The molecule has 0 spiro atoms. The molecule has 3 nitrogen and oxygen atoms in total. The van der Waals surface area contributed by atoms with E-state index in [0.29, 0.717) is 6.04 Å². The van der Waals surface area contributed by atoms with E-state index >= 15 is 0 Å². The second kappa shape index (κ2) is 6.21. The summed E-state index contributed by atoms with van der Waals surface area (Å²) in [5.41, 5.74) is 2.56. The van der Waals surface area contributed by atoms with E-state index < -0.39 is 0 Å². The molecule has 1 aliphatic rings. The Balaban J connectivity index is 1.79. The molecule has 1 aromatic carbocycles. The normalized spacial score (nSPS) is 23.9. The molecular weight excluding hydrogens is 224 g/mol. The molecular formula is C15H24N2O. The fourth-order valence-corrected chi connectivity index (χ4v) is 2.45. The number of aliphatic hydroxyl groups excluding tert-OH is 1. The average Bonchev–Trinajstić information content (AvgIpc) is 2.38. The summed E-state index contributed by atoms with van der Waals surface area (Å²) in [6, 6.07) is 9.24. The van der Waals surface area contributed by atoms with Crippen molar-refractivity contribution in [3.63, 3.8) is 0 Å². The van der Waals surface area contributed by atoms with Gasteiger partial charge >= 0.3 is 0 Å². The van der Waals surface area contributed by atoms with Crippen molar-refractivity contribution in [2.75, 3.05) is 19.0 Å². The number of anilines is 1. The highest BCUT2D eigenvalue weighted by Gasteiger charge is 2.18. The molecule has 0 bridgehead atoms. The molecule has 1 fully saturated rings. The number of benzene rings is 1. The molecule has 1 aliphatic carbocycles. The van der Waals surface area contributed by atoms with Crippen molar-refractivity contribution in [1.82, 2.24) is 5.32 Å². The molecule has 0 aromatic heterocycles. The van der Waals surface area contributed by atoms with Crippen molar-refractivity contribution in [3.8, 4) is 0 Å². The number of hydrogen-bond acceptors (Lipinski definition) is 3. The molecule has 1 saturated carbocycles. The predicted molar refractivity (Wildman–Crippen MR) is 75.9 cm³/mol. The Morgan fingerprint density at radius 1 is 1.11 bits per heavy atom. The zero-order chi connectivity index (χ0) is 13.0. The van der Waals surface area contributed by atoms with Crippen LogP contribution in [0.25, 0.3) is 0 Å². The van der Waals surface area contributed by atoms with Crippen molar-refractivity contribution < 1.29 is 5.11 Å². The van der Waals surface area contributed by atoms with E-state index in [9.17, 15) is 5.11 Å². The minimum atomic E-state index is -0.0672. The molecule has 0 atom stereocenters. The van der Waals surface area contributed by atoms with Crippen LogP contribution in [-0.2, 0) is 6.54 Å². The van der Waals surface area contributed by atoms with Gasteiger partial charge in [0, 0.05) is 32.4 Å². The van der Waals surface area contributed by atoms with Crippen LogP contribution in [0.15, 0.2) is 24.3 Å². The van der Waals surface area contributed by atoms with Crippen LogP contribution in [0.5, 0.6) is 0 Å². The first-order valence-electron chi connectivity index (χ1n) is 6.83. The number of hydrogen-bond donors (Lipinski definition) is 2. The van der Waals surface area contributed by atoms with Crippen molar-refractivity contribution in [3.05, 3.63) is 29.8 Å². The minimum absolute atomic E-state index is 0.0672. The van der Waals surface area contributed by atoms with E-state index in [1.165, 1.54) is 11.3 Å². The van der Waals surface area contributed by atoms with Gasteiger partial charge in [-0.2, -0.15) is 0 Å². The maximum atomic E-state index is 9.46. The topological polar surface area (TPSA) is 35.5 Å². The van der Waals surface area contributed by atoms with Crippen LogP contribution >= 0.6 is 0 Å². The van der Waals surface area contributed by atoms with Crippen molar-refractivity contribution in [2.24, 2.45) is 0 Å². The van der Waals surface area contributed by atoms with Gasteiger partial charge in [-0.05, 0) is 43.4 Å². The van der Waals surface area contributed by atoms with E-state index in [-0.39, 0.29) is 6.10 Å². The molecule has 0 heterocycles. The summed E-state index contributed by atoms with van der Waals surface area (Å²) in [5, 5.41) is 13.0. The lowest BCUT2D eigenvalue weighted by Gasteiger charge is -2.26. The first-order chi connectivity index (χ1) is 8.65. The van der Waals surface area contributed by atoms with E-state index in [1.54, 1.807) is 0 Å². The molecule has 2 N–H and O–H groups in total. The van der Waals surface area contributed by atoms with Gasteiger partial charge in [0.2, 0.25) is 0 Å². The van der Waals surface area contributed by atoms with Crippen LogP contribution in [-0.4, -0.2) is 31.3 Å². The smallest absolute Gasteiger partial charge is 0.0541 e. The van der Waals surface area contributed by atoms with Gasteiger partial charge < -0.3 is 15.3 Å². The van der Waals surface area contributed by atoms with Crippen molar-refractivity contribution >= 4 is 5.69 Å². The fourth-order valence-electron chi connectivity index (χ4n) is 2.45. The number of nitrogens with zero attached hydrogens (tertiary/aromatic N) is 1. The average molecular weight is 248 g/mol. The Morgan fingerprint density at radius 2 is 1.72 bits per heavy atom. The van der Waals surface area contributed by atoms with Gasteiger partial charge in [-0.25, -0.2) is 0 Å². The lowest BCUT2D eigenvalue weighted by Crippen LogP contribution is -2.34. The van der Waals surface area contributed by atoms with Crippen LogP contribution in [0, 0.1) is 0 Å². The molecule has 100 valence electrons. The predicted octanol–water partition coefficient (Wildman–Crippen LogP) is 2.15. The summed E-state index contributed by atoms with van der Waals surface area (Å²) in [5.74, 6) is 0. The molecule has 0 amide bonds. The summed E-state index contributed by atoms with van der Waals surface area (Å²) in [6.45, 7) is 0.925. The quantitative estimate of drug-likeness (QED) is 0.857. The van der Waals surface area contributed by atoms with Gasteiger partial charge in [0.25, 0.3) is 0 Å². The third kappa shape index (κ3) is 3.72. The molecule has 2 rings (SSSR count). The standard InChI is InChI=1S/C15H24N2O/c1-17(2)14-7-3-12(4-8-14)11-16-13-5-9-15(18)10-6-13/h3-4,7-8,13,15-16,18H,5-6,9-11H2,1-2H3. The number of nitrogens with one attached hydrogen (secondary N) is 1. The van der Waals surface area contributed by atoms with Crippen molar-refractivity contribution in [2.45, 2.75) is 44.4 Å². The van der Waals surface area contributed by atoms with E-state index in [4.69, 9.17) is 0 Å². The van der Waals surface area contributed by atoms with Gasteiger partial charge in [-0.1, -0.05) is 12.1 Å². The summed E-state index contributed by atoms with van der Waals surface area (Å²) in [4.78, 5) is 2.11. The molecule has 0 unspecified atom stereocenters. The molecule has 0 radical (unpaired) electrons. The largest absolute Gasteiger partial charge is 0.393 e. The highest BCUT2D eigenvalue weighted by molar-refractivity contribution is 5.45. The monoisotopic (exact) mass is 248 g/mol. The second-order valence-corrected chi connectivity index (χ2v) is 5.45. The maximum absolute atomic E-state index is 9.46. The highest BCUT2D eigenvalue weighted by Crippen LogP contribution is 2.19. The van der Waals surface area contributed by atoms with Crippen LogP contribution < -0.4 is 10.2 Å². The second-order valence-electron chi connectivity index (χ2n) is 5.45. The first-order valence-corrected chi connectivity index (χ1v) is 6.83. The van der Waals surface area contributed by atoms with Crippen LogP contribution in [0.1, 0.15) is 31.2 Å². The summed E-state index contributed by atoms with van der Waals surface area (Å²) >= 11 is 0. The zero-order valence-corrected chi connectivity index (χ0v) is 11.4. The van der Waals surface area contributed by atoms with Crippen LogP contribution in [0.3, 0.4) is 0 Å². The minimum Gasteiger partial charge on any atom is -0.393 e. The van der Waals surface area contributed by atoms with Crippen molar-refractivity contribution in [1.29, 1.82) is 0 Å². The molecule has 18 heavy (non-hydrogen) atoms. The van der Waals surface area contributed by atoms with E-state index in [2.05, 4.69) is 48.6 Å². The molecule has 0 aliphatic heterocycles. The third-order valence-corrected chi connectivity index (χ3v) is 3.74. The highest BCUT2D eigenvalue weighted by atomic mass is 16.3. The first kappa shape index (κ1) is 13.4. The lowest BCUT2D eigenvalue weighted by atomic mass is 9.93. The summed E-state index contributed by atoms with van der Waals surface area (Å²) in [7, 11) is 4.11. The Kier molecular flexibility index (Phi) is 4.61. The summed E-state index contributed by atoms with van der Waals surface area (Å²) in [6.07, 6.45) is 4.00. The van der Waals surface area contributed by atoms with Gasteiger partial charge in [-0.15, -0.1) is 0 Å². The SMILES string of the molecule is CN(C)c1ccc(CNC2CCC(O)CC2)cc1. The fraction of sp³-hybridized carbons (Fsp3) is 0.600. The van der Waals surface area contributed by atoms with Gasteiger partial charge in [-0.3, -0.25) is 0 Å². The van der Waals surface area contributed by atoms with Crippen LogP contribution in [0.2, 0.25) is 0 Å². The lowest BCUT2D eigenvalue weighted by molar-refractivity contribution is 0.116. The molecule has 0 saturated heterocycles. The Hall–Kier alpha value is -1.06. The zero-order valence-electron chi connectivity index (χ0n) is 11.4. The number of rotatable bonds is 4. The van der Waals surface area contributed by atoms with Gasteiger partial charge in [0.1, 0.15) is 0 Å². The molecule has 1 aromatic rings. The van der Waals surface area contributed by atoms with E-state index in [0.717, 1.165) is 32.2 Å². The molecule has 3 heteroatoms.